The summed E-state index contributed by atoms with van der Waals surface area (Å²) in [5.74, 6) is 1.55. The zero-order valence-corrected chi connectivity index (χ0v) is 16.4. The Morgan fingerprint density at radius 3 is 2.46 bits per heavy atom. The maximum absolute atomic E-state index is 6.14. The van der Waals surface area contributed by atoms with Gasteiger partial charge in [-0.25, -0.2) is 0 Å². The minimum atomic E-state index is 0.452. The van der Waals surface area contributed by atoms with Gasteiger partial charge in [-0.2, -0.15) is 0 Å². The monoisotopic (exact) mass is 391 g/mol. The lowest BCUT2D eigenvalue weighted by atomic mass is 10.1. The highest BCUT2D eigenvalue weighted by Gasteiger charge is 2.15. The van der Waals surface area contributed by atoms with Crippen molar-refractivity contribution in [2.45, 2.75) is 46.4 Å². The van der Waals surface area contributed by atoms with E-state index in [2.05, 4.69) is 66.3 Å². The Morgan fingerprint density at radius 2 is 1.83 bits per heavy atom. The zero-order valence-electron chi connectivity index (χ0n) is 14.9. The lowest BCUT2D eigenvalue weighted by Gasteiger charge is -2.19. The second kappa shape index (κ2) is 9.09. The Kier molecular flexibility index (Phi) is 7.13. The quantitative estimate of drug-likeness (QED) is 0.667. The van der Waals surface area contributed by atoms with Gasteiger partial charge in [0.1, 0.15) is 6.61 Å². The van der Waals surface area contributed by atoms with Crippen molar-refractivity contribution in [1.82, 2.24) is 5.32 Å². The first-order valence-electron chi connectivity index (χ1n) is 8.32. The third kappa shape index (κ3) is 4.99. The summed E-state index contributed by atoms with van der Waals surface area (Å²) in [6, 6.07) is 12.8. The first kappa shape index (κ1) is 18.8. The second-order valence-electron chi connectivity index (χ2n) is 6.02. The number of halogens is 1. The van der Waals surface area contributed by atoms with E-state index in [0.717, 1.165) is 40.1 Å². The molecule has 0 aliphatic heterocycles. The smallest absolute Gasteiger partial charge is 0.167 e. The van der Waals surface area contributed by atoms with Gasteiger partial charge in [-0.15, -0.1) is 0 Å². The molecule has 0 aromatic heterocycles. The van der Waals surface area contributed by atoms with Crippen LogP contribution in [0.3, 0.4) is 0 Å². The summed E-state index contributed by atoms with van der Waals surface area (Å²) in [5.41, 5.74) is 3.47. The Hall–Kier alpha value is -1.52. The van der Waals surface area contributed by atoms with E-state index in [-0.39, 0.29) is 0 Å². The van der Waals surface area contributed by atoms with Crippen LogP contribution in [0.25, 0.3) is 0 Å². The van der Waals surface area contributed by atoms with Gasteiger partial charge >= 0.3 is 0 Å². The Balaban J connectivity index is 2.21. The largest absolute Gasteiger partial charge is 0.493 e. The van der Waals surface area contributed by atoms with Crippen LogP contribution in [0.15, 0.2) is 40.9 Å². The van der Waals surface area contributed by atoms with Crippen LogP contribution in [0.2, 0.25) is 0 Å². The lowest BCUT2D eigenvalue weighted by molar-refractivity contribution is 0.280. The first-order chi connectivity index (χ1) is 11.5. The molecule has 0 heterocycles. The molecule has 24 heavy (non-hydrogen) atoms. The molecule has 1 unspecified atom stereocenters. The Labute approximate surface area is 153 Å². The van der Waals surface area contributed by atoms with Crippen LogP contribution in [0.1, 0.15) is 37.0 Å². The van der Waals surface area contributed by atoms with Crippen molar-refractivity contribution in [2.24, 2.45) is 0 Å². The summed E-state index contributed by atoms with van der Waals surface area (Å²) in [7, 11) is 1.67. The first-order valence-corrected chi connectivity index (χ1v) is 9.11. The van der Waals surface area contributed by atoms with E-state index in [1.54, 1.807) is 7.11 Å². The van der Waals surface area contributed by atoms with Gasteiger partial charge in [0, 0.05) is 22.6 Å². The molecule has 1 N–H and O–H groups in total. The summed E-state index contributed by atoms with van der Waals surface area (Å²) in [5, 5.41) is 3.52. The third-order valence-corrected chi connectivity index (χ3v) is 4.87. The molecule has 2 aromatic carbocycles. The molecule has 0 saturated carbocycles. The molecule has 3 nitrogen and oxygen atoms in total. The molecule has 0 amide bonds. The predicted octanol–water partition coefficient (Wildman–Crippen LogP) is 5.23. The summed E-state index contributed by atoms with van der Waals surface area (Å²) in [4.78, 5) is 0. The van der Waals surface area contributed by atoms with Crippen LogP contribution in [-0.2, 0) is 13.2 Å². The summed E-state index contributed by atoms with van der Waals surface area (Å²) >= 11 is 3.64. The fraction of sp³-hybridized carbons (Fsp3) is 0.400. The molecule has 0 radical (unpaired) electrons. The highest BCUT2D eigenvalue weighted by atomic mass is 79.9. The topological polar surface area (TPSA) is 30.5 Å². The fourth-order valence-electron chi connectivity index (χ4n) is 2.33. The molecule has 4 heteroatoms. The summed E-state index contributed by atoms with van der Waals surface area (Å²) in [6.45, 7) is 7.69. The molecular formula is C20H26BrNO2. The van der Waals surface area contributed by atoms with E-state index in [1.807, 2.05) is 12.1 Å². The molecule has 0 saturated heterocycles. The second-order valence-corrected chi connectivity index (χ2v) is 6.88. The van der Waals surface area contributed by atoms with Crippen molar-refractivity contribution >= 4 is 15.9 Å². The van der Waals surface area contributed by atoms with Crippen molar-refractivity contribution in [3.8, 4) is 11.5 Å². The number of rotatable bonds is 8. The van der Waals surface area contributed by atoms with Gasteiger partial charge in [0.2, 0.25) is 0 Å². The molecule has 130 valence electrons. The maximum atomic E-state index is 6.14. The van der Waals surface area contributed by atoms with E-state index in [4.69, 9.17) is 9.47 Å². The lowest BCUT2D eigenvalue weighted by Crippen LogP contribution is -2.25. The summed E-state index contributed by atoms with van der Waals surface area (Å²) < 4.78 is 12.7. The average molecular weight is 392 g/mol. The van der Waals surface area contributed by atoms with Crippen LogP contribution in [0, 0.1) is 6.92 Å². The van der Waals surface area contributed by atoms with Gasteiger partial charge in [-0.3, -0.25) is 0 Å². The van der Waals surface area contributed by atoms with Crippen molar-refractivity contribution in [3.63, 3.8) is 0 Å². The van der Waals surface area contributed by atoms with Gasteiger partial charge in [-0.1, -0.05) is 52.7 Å². The van der Waals surface area contributed by atoms with Crippen LogP contribution < -0.4 is 14.8 Å². The van der Waals surface area contributed by atoms with Gasteiger partial charge in [0.05, 0.1) is 7.11 Å². The Bertz CT molecular complexity index is 655. The fourth-order valence-corrected chi connectivity index (χ4v) is 2.78. The van der Waals surface area contributed by atoms with E-state index in [9.17, 15) is 0 Å². The minimum absolute atomic E-state index is 0.452. The van der Waals surface area contributed by atoms with Crippen molar-refractivity contribution in [3.05, 3.63) is 57.6 Å². The van der Waals surface area contributed by atoms with E-state index < -0.39 is 0 Å². The molecule has 2 aromatic rings. The zero-order chi connectivity index (χ0) is 17.5. The molecule has 0 aliphatic rings. The van der Waals surface area contributed by atoms with Crippen LogP contribution in [-0.4, -0.2) is 13.2 Å². The van der Waals surface area contributed by atoms with Gasteiger partial charge in [-0.05, 0) is 38.0 Å². The number of ether oxygens (including phenoxy) is 2. The van der Waals surface area contributed by atoms with Crippen LogP contribution >= 0.6 is 15.9 Å². The van der Waals surface area contributed by atoms with E-state index in [1.165, 1.54) is 5.56 Å². The molecule has 1 atom stereocenters. The predicted molar refractivity (Wildman–Crippen MR) is 103 cm³/mol. The van der Waals surface area contributed by atoms with Crippen molar-refractivity contribution < 1.29 is 9.47 Å². The van der Waals surface area contributed by atoms with E-state index in [0.29, 0.717) is 12.6 Å². The number of benzene rings is 2. The number of hydrogen-bond acceptors (Lipinski definition) is 3. The molecular weight excluding hydrogens is 366 g/mol. The summed E-state index contributed by atoms with van der Waals surface area (Å²) in [6.07, 6.45) is 1.08. The van der Waals surface area contributed by atoms with Gasteiger partial charge in [0.15, 0.2) is 11.5 Å². The molecule has 0 bridgehead atoms. The number of hydrogen-bond donors (Lipinski definition) is 1. The van der Waals surface area contributed by atoms with Gasteiger partial charge < -0.3 is 14.8 Å². The van der Waals surface area contributed by atoms with E-state index >= 15 is 0 Å². The molecule has 0 aliphatic carbocycles. The van der Waals surface area contributed by atoms with Crippen LogP contribution in [0.5, 0.6) is 11.5 Å². The molecule has 0 spiro atoms. The number of methoxy groups -OCH3 is 1. The number of aryl methyl sites for hydroxylation is 1. The van der Waals surface area contributed by atoms with Crippen LogP contribution in [0.4, 0.5) is 0 Å². The minimum Gasteiger partial charge on any atom is -0.493 e. The van der Waals surface area contributed by atoms with Crippen molar-refractivity contribution in [1.29, 1.82) is 0 Å². The maximum Gasteiger partial charge on any atom is 0.167 e. The highest BCUT2D eigenvalue weighted by Crippen LogP contribution is 2.36. The number of nitrogens with one attached hydrogen (secondary N) is 1. The average Bonchev–Trinajstić information content (AvgIpc) is 2.60. The SMILES string of the molecule is CCC(C)NCc1c(Br)ccc(OC)c1OCc1ccc(C)cc1. The highest BCUT2D eigenvalue weighted by molar-refractivity contribution is 9.10. The third-order valence-electron chi connectivity index (χ3n) is 4.13. The van der Waals surface area contributed by atoms with Crippen molar-refractivity contribution in [2.75, 3.05) is 7.11 Å². The Morgan fingerprint density at radius 1 is 1.12 bits per heavy atom. The normalized spacial score (nSPS) is 12.0. The molecule has 2 rings (SSSR count). The standard InChI is InChI=1S/C20H26BrNO2/c1-5-15(3)22-12-17-18(21)10-11-19(23-4)20(17)24-13-16-8-6-14(2)7-9-16/h6-11,15,22H,5,12-13H2,1-4H3. The molecule has 0 fully saturated rings. The van der Waals surface area contributed by atoms with Gasteiger partial charge in [0.25, 0.3) is 0 Å².